The van der Waals surface area contributed by atoms with Crippen molar-refractivity contribution in [1.82, 2.24) is 10.4 Å². The van der Waals surface area contributed by atoms with Gasteiger partial charge in [0, 0.05) is 6.20 Å². The van der Waals surface area contributed by atoms with E-state index in [9.17, 15) is 0 Å². The summed E-state index contributed by atoms with van der Waals surface area (Å²) < 4.78 is 5.20. The van der Waals surface area contributed by atoms with Crippen LogP contribution in [0, 0.1) is 0 Å². The Morgan fingerprint density at radius 2 is 1.95 bits per heavy atom. The number of rotatable bonds is 4. The highest BCUT2D eigenvalue weighted by Crippen LogP contribution is 2.30. The van der Waals surface area contributed by atoms with Crippen LogP contribution < -0.4 is 16.0 Å². The molecule has 1 atom stereocenters. The monoisotopic (exact) mass is 297 g/mol. The molecule has 1 aromatic carbocycles. The van der Waals surface area contributed by atoms with Gasteiger partial charge in [-0.3, -0.25) is 5.84 Å². The lowest BCUT2D eigenvalue weighted by Crippen LogP contribution is -2.28. The molecule has 1 heterocycles. The number of benzene rings is 1. The van der Waals surface area contributed by atoms with Gasteiger partial charge in [0.2, 0.25) is 0 Å². The number of hydrazine groups is 1. The van der Waals surface area contributed by atoms with Gasteiger partial charge in [-0.15, -0.1) is 0 Å². The van der Waals surface area contributed by atoms with Gasteiger partial charge < -0.3 is 4.74 Å². The van der Waals surface area contributed by atoms with Crippen LogP contribution in [-0.2, 0) is 0 Å². The molecule has 100 valence electrons. The summed E-state index contributed by atoms with van der Waals surface area (Å²) in [6.07, 6.45) is 1.67. The minimum atomic E-state index is -0.212. The highest BCUT2D eigenvalue weighted by molar-refractivity contribution is 6.32. The zero-order valence-electron chi connectivity index (χ0n) is 10.2. The average molecular weight is 298 g/mol. The van der Waals surface area contributed by atoms with Crippen molar-refractivity contribution in [3.8, 4) is 5.75 Å². The third-order valence-corrected chi connectivity index (χ3v) is 3.29. The van der Waals surface area contributed by atoms with E-state index in [1.165, 1.54) is 0 Å². The molecule has 0 amide bonds. The van der Waals surface area contributed by atoms with Gasteiger partial charge in [0.05, 0.1) is 18.2 Å². The number of hydrogen-bond acceptors (Lipinski definition) is 4. The first-order valence-corrected chi connectivity index (χ1v) is 6.32. The Morgan fingerprint density at radius 3 is 2.53 bits per heavy atom. The Labute approximate surface area is 121 Å². The molecular weight excluding hydrogens is 285 g/mol. The average Bonchev–Trinajstić information content (AvgIpc) is 2.43. The van der Waals surface area contributed by atoms with Gasteiger partial charge in [-0.1, -0.05) is 35.3 Å². The van der Waals surface area contributed by atoms with Crippen molar-refractivity contribution in [3.05, 3.63) is 57.8 Å². The highest BCUT2D eigenvalue weighted by atomic mass is 35.5. The molecule has 0 saturated carbocycles. The molecule has 0 aliphatic rings. The Balaban J connectivity index is 2.39. The molecule has 0 aliphatic heterocycles. The summed E-state index contributed by atoms with van der Waals surface area (Å²) in [6.45, 7) is 0. The molecule has 0 bridgehead atoms. The number of halogens is 2. The number of hydrogen-bond donors (Lipinski definition) is 2. The molecule has 6 heteroatoms. The van der Waals surface area contributed by atoms with E-state index in [0.29, 0.717) is 15.9 Å². The first kappa shape index (κ1) is 14.1. The second-order valence-electron chi connectivity index (χ2n) is 3.91. The van der Waals surface area contributed by atoms with Crippen molar-refractivity contribution >= 4 is 23.2 Å². The van der Waals surface area contributed by atoms with E-state index in [1.807, 2.05) is 18.2 Å². The Hall–Kier alpha value is -1.33. The van der Waals surface area contributed by atoms with Crippen molar-refractivity contribution in [2.24, 2.45) is 5.84 Å². The number of methoxy groups -OCH3 is 1. The molecule has 19 heavy (non-hydrogen) atoms. The van der Waals surface area contributed by atoms with Crippen molar-refractivity contribution in [2.45, 2.75) is 6.04 Å². The number of nitrogens with zero attached hydrogens (tertiary/aromatic N) is 1. The lowest BCUT2D eigenvalue weighted by Gasteiger charge is -2.17. The summed E-state index contributed by atoms with van der Waals surface area (Å²) >= 11 is 11.8. The molecule has 1 unspecified atom stereocenters. The highest BCUT2D eigenvalue weighted by Gasteiger charge is 2.14. The summed E-state index contributed by atoms with van der Waals surface area (Å²) in [5, 5.41) is 0.990. The van der Waals surface area contributed by atoms with E-state index in [-0.39, 0.29) is 6.04 Å². The van der Waals surface area contributed by atoms with Crippen molar-refractivity contribution < 1.29 is 4.74 Å². The van der Waals surface area contributed by atoms with Crippen LogP contribution >= 0.6 is 23.2 Å². The maximum atomic E-state index is 6.00. The SMILES string of the molecule is COc1cc(C(NN)c2ccc(Cl)nc2)ccc1Cl. The van der Waals surface area contributed by atoms with Crippen molar-refractivity contribution in [1.29, 1.82) is 0 Å². The van der Waals surface area contributed by atoms with Crippen LogP contribution in [0.3, 0.4) is 0 Å². The van der Waals surface area contributed by atoms with Gasteiger partial charge in [0.15, 0.2) is 0 Å². The Bertz CT molecular complexity index is 560. The minimum absolute atomic E-state index is 0.212. The van der Waals surface area contributed by atoms with Crippen LogP contribution in [0.2, 0.25) is 10.2 Å². The molecule has 0 spiro atoms. The van der Waals surface area contributed by atoms with Crippen LogP contribution in [0.25, 0.3) is 0 Å². The van der Waals surface area contributed by atoms with Gasteiger partial charge in [0.25, 0.3) is 0 Å². The van der Waals surface area contributed by atoms with Crippen LogP contribution in [0.5, 0.6) is 5.75 Å². The Kier molecular flexibility index (Phi) is 4.61. The van der Waals surface area contributed by atoms with E-state index < -0.39 is 0 Å². The zero-order valence-corrected chi connectivity index (χ0v) is 11.7. The van der Waals surface area contributed by atoms with Crippen molar-refractivity contribution in [2.75, 3.05) is 7.11 Å². The maximum Gasteiger partial charge on any atom is 0.137 e. The van der Waals surface area contributed by atoms with Crippen LogP contribution in [0.15, 0.2) is 36.5 Å². The number of aromatic nitrogens is 1. The first-order valence-electron chi connectivity index (χ1n) is 5.56. The molecular formula is C13H13Cl2N3O. The standard InChI is InChI=1S/C13H13Cl2N3O/c1-19-11-6-8(2-4-10(11)14)13(18-16)9-3-5-12(15)17-7-9/h2-7,13,18H,16H2,1H3. The Morgan fingerprint density at radius 1 is 1.21 bits per heavy atom. The predicted octanol–water partition coefficient (Wildman–Crippen LogP) is 2.95. The molecule has 1 aromatic heterocycles. The predicted molar refractivity (Wildman–Crippen MR) is 76.4 cm³/mol. The van der Waals surface area contributed by atoms with E-state index in [4.69, 9.17) is 33.8 Å². The van der Waals surface area contributed by atoms with Gasteiger partial charge in [0.1, 0.15) is 10.9 Å². The van der Waals surface area contributed by atoms with Gasteiger partial charge in [-0.2, -0.15) is 0 Å². The molecule has 3 N–H and O–H groups in total. The molecule has 0 radical (unpaired) electrons. The summed E-state index contributed by atoms with van der Waals surface area (Å²) in [7, 11) is 1.57. The number of pyridine rings is 1. The quantitative estimate of drug-likeness (QED) is 0.517. The number of nitrogens with two attached hydrogens (primary N) is 1. The topological polar surface area (TPSA) is 60.2 Å². The smallest absolute Gasteiger partial charge is 0.137 e. The molecule has 0 fully saturated rings. The largest absolute Gasteiger partial charge is 0.495 e. The van der Waals surface area contributed by atoms with Gasteiger partial charge in [-0.25, -0.2) is 10.4 Å². The van der Waals surface area contributed by atoms with Crippen LogP contribution in [0.1, 0.15) is 17.2 Å². The fourth-order valence-corrected chi connectivity index (χ4v) is 2.11. The maximum absolute atomic E-state index is 6.00. The normalized spacial score (nSPS) is 12.2. The zero-order chi connectivity index (χ0) is 13.8. The van der Waals surface area contributed by atoms with E-state index in [0.717, 1.165) is 11.1 Å². The molecule has 4 nitrogen and oxygen atoms in total. The minimum Gasteiger partial charge on any atom is -0.495 e. The van der Waals surface area contributed by atoms with Crippen LogP contribution in [-0.4, -0.2) is 12.1 Å². The fraction of sp³-hybridized carbons (Fsp3) is 0.154. The third kappa shape index (κ3) is 3.16. The van der Waals surface area contributed by atoms with E-state index in [2.05, 4.69) is 10.4 Å². The van der Waals surface area contributed by atoms with Gasteiger partial charge in [-0.05, 0) is 29.3 Å². The first-order chi connectivity index (χ1) is 9.15. The summed E-state index contributed by atoms with van der Waals surface area (Å²) in [5.41, 5.74) is 4.57. The summed E-state index contributed by atoms with van der Waals surface area (Å²) in [4.78, 5) is 4.05. The fourth-order valence-electron chi connectivity index (χ4n) is 1.80. The number of ether oxygens (including phenoxy) is 1. The van der Waals surface area contributed by atoms with Crippen LogP contribution in [0.4, 0.5) is 0 Å². The number of nitrogens with one attached hydrogen (secondary N) is 1. The third-order valence-electron chi connectivity index (χ3n) is 2.76. The lowest BCUT2D eigenvalue weighted by atomic mass is 10.0. The molecule has 0 saturated heterocycles. The second kappa shape index (κ2) is 6.21. The van der Waals surface area contributed by atoms with E-state index >= 15 is 0 Å². The molecule has 0 aliphatic carbocycles. The lowest BCUT2D eigenvalue weighted by molar-refractivity contribution is 0.414. The summed E-state index contributed by atoms with van der Waals surface area (Å²) in [6, 6.07) is 8.85. The van der Waals surface area contributed by atoms with E-state index in [1.54, 1.807) is 25.4 Å². The summed E-state index contributed by atoms with van der Waals surface area (Å²) in [5.74, 6) is 6.22. The molecule has 2 rings (SSSR count). The van der Waals surface area contributed by atoms with Crippen molar-refractivity contribution in [3.63, 3.8) is 0 Å². The molecule has 2 aromatic rings. The van der Waals surface area contributed by atoms with Gasteiger partial charge >= 0.3 is 0 Å². The second-order valence-corrected chi connectivity index (χ2v) is 4.70.